The monoisotopic (exact) mass is 316 g/mol. The molecule has 0 atom stereocenters. The molecule has 9 heteroatoms. The van der Waals surface area contributed by atoms with Crippen molar-refractivity contribution >= 4 is 28.9 Å². The van der Waals surface area contributed by atoms with Crippen LogP contribution in [0.25, 0.3) is 0 Å². The standard InChI is InChI=1S/C12H8ClF3N4O/c13-10-3-7(8(17)5-19-10)11(21)20-6-1-2-9(18-4-6)12(14,15)16/h1-5H,17H2,(H,20,21). The van der Waals surface area contributed by atoms with Crippen LogP contribution in [-0.4, -0.2) is 15.9 Å². The highest BCUT2D eigenvalue weighted by Gasteiger charge is 2.32. The first kappa shape index (κ1) is 15.0. The lowest BCUT2D eigenvalue weighted by molar-refractivity contribution is -0.141. The van der Waals surface area contributed by atoms with Gasteiger partial charge in [-0.2, -0.15) is 13.2 Å². The summed E-state index contributed by atoms with van der Waals surface area (Å²) in [6.45, 7) is 0. The van der Waals surface area contributed by atoms with E-state index in [2.05, 4.69) is 15.3 Å². The molecule has 110 valence electrons. The normalized spacial score (nSPS) is 11.2. The molecule has 0 saturated carbocycles. The van der Waals surface area contributed by atoms with Crippen LogP contribution in [0.3, 0.4) is 0 Å². The van der Waals surface area contributed by atoms with Crippen molar-refractivity contribution < 1.29 is 18.0 Å². The van der Waals surface area contributed by atoms with Crippen molar-refractivity contribution in [2.45, 2.75) is 6.18 Å². The van der Waals surface area contributed by atoms with E-state index >= 15 is 0 Å². The third-order valence-electron chi connectivity index (χ3n) is 2.46. The molecule has 0 radical (unpaired) electrons. The van der Waals surface area contributed by atoms with Crippen molar-refractivity contribution in [3.05, 3.63) is 47.0 Å². The lowest BCUT2D eigenvalue weighted by Crippen LogP contribution is -2.15. The zero-order valence-electron chi connectivity index (χ0n) is 10.3. The fraction of sp³-hybridized carbons (Fsp3) is 0.0833. The Balaban J connectivity index is 2.18. The molecule has 3 N–H and O–H groups in total. The number of anilines is 2. The molecule has 0 aliphatic rings. The molecule has 1 amide bonds. The highest BCUT2D eigenvalue weighted by molar-refractivity contribution is 6.30. The molecule has 0 aromatic carbocycles. The van der Waals surface area contributed by atoms with Crippen LogP contribution >= 0.6 is 11.6 Å². The van der Waals surface area contributed by atoms with Crippen LogP contribution < -0.4 is 11.1 Å². The topological polar surface area (TPSA) is 80.9 Å². The largest absolute Gasteiger partial charge is 0.433 e. The second kappa shape index (κ2) is 5.57. The molecule has 2 heterocycles. The Hall–Kier alpha value is -2.35. The highest BCUT2D eigenvalue weighted by atomic mass is 35.5. The number of alkyl halides is 3. The summed E-state index contributed by atoms with van der Waals surface area (Å²) in [4.78, 5) is 18.9. The van der Waals surface area contributed by atoms with Gasteiger partial charge >= 0.3 is 6.18 Å². The van der Waals surface area contributed by atoms with Crippen LogP contribution in [0.4, 0.5) is 24.5 Å². The maximum atomic E-state index is 12.4. The summed E-state index contributed by atoms with van der Waals surface area (Å²) in [6.07, 6.45) is -2.42. The zero-order valence-corrected chi connectivity index (χ0v) is 11.0. The van der Waals surface area contributed by atoms with Crippen molar-refractivity contribution in [3.63, 3.8) is 0 Å². The average molecular weight is 317 g/mol. The molecule has 5 nitrogen and oxygen atoms in total. The van der Waals surface area contributed by atoms with Crippen molar-refractivity contribution in [2.75, 3.05) is 11.1 Å². The summed E-state index contributed by atoms with van der Waals surface area (Å²) in [5.74, 6) is -0.627. The minimum Gasteiger partial charge on any atom is -0.397 e. The number of pyridine rings is 2. The van der Waals surface area contributed by atoms with Gasteiger partial charge in [-0.05, 0) is 18.2 Å². The van der Waals surface area contributed by atoms with Gasteiger partial charge in [-0.1, -0.05) is 11.6 Å². The number of amides is 1. The van der Waals surface area contributed by atoms with Crippen molar-refractivity contribution in [2.24, 2.45) is 0 Å². The lowest BCUT2D eigenvalue weighted by atomic mass is 10.2. The molecule has 21 heavy (non-hydrogen) atoms. The highest BCUT2D eigenvalue weighted by Crippen LogP contribution is 2.28. The Bertz CT molecular complexity index is 673. The third kappa shape index (κ3) is 3.60. The number of nitrogen functional groups attached to an aromatic ring is 1. The molecule has 0 unspecified atom stereocenters. The van der Waals surface area contributed by atoms with E-state index in [1.54, 1.807) is 0 Å². The van der Waals surface area contributed by atoms with Gasteiger partial charge in [-0.25, -0.2) is 9.97 Å². The van der Waals surface area contributed by atoms with Crippen molar-refractivity contribution in [1.82, 2.24) is 9.97 Å². The van der Waals surface area contributed by atoms with Gasteiger partial charge in [0.1, 0.15) is 10.8 Å². The van der Waals surface area contributed by atoms with E-state index in [1.165, 1.54) is 12.3 Å². The molecular weight excluding hydrogens is 309 g/mol. The van der Waals surface area contributed by atoms with Gasteiger partial charge in [-0.3, -0.25) is 4.79 Å². The molecule has 2 aromatic heterocycles. The van der Waals surface area contributed by atoms with Crippen LogP contribution in [0.1, 0.15) is 16.1 Å². The zero-order chi connectivity index (χ0) is 15.6. The number of carbonyl (C=O) groups is 1. The summed E-state index contributed by atoms with van der Waals surface area (Å²) in [5, 5.41) is 2.44. The van der Waals surface area contributed by atoms with Gasteiger partial charge in [0.25, 0.3) is 5.91 Å². The number of nitrogens with one attached hydrogen (secondary N) is 1. The SMILES string of the molecule is Nc1cnc(Cl)cc1C(=O)Nc1ccc(C(F)(F)F)nc1. The van der Waals surface area contributed by atoms with Gasteiger partial charge in [-0.15, -0.1) is 0 Å². The van der Waals surface area contributed by atoms with Gasteiger partial charge in [0, 0.05) is 0 Å². The van der Waals surface area contributed by atoms with E-state index in [0.717, 1.165) is 18.3 Å². The van der Waals surface area contributed by atoms with E-state index in [9.17, 15) is 18.0 Å². The molecule has 0 aliphatic heterocycles. The van der Waals surface area contributed by atoms with Crippen LogP contribution in [0, 0.1) is 0 Å². The average Bonchev–Trinajstić information content (AvgIpc) is 2.41. The van der Waals surface area contributed by atoms with Crippen LogP contribution in [0.2, 0.25) is 5.15 Å². The van der Waals surface area contributed by atoms with Gasteiger partial charge in [0.2, 0.25) is 0 Å². The summed E-state index contributed by atoms with van der Waals surface area (Å²) >= 11 is 5.65. The minimum absolute atomic E-state index is 0.0647. The second-order valence-corrected chi connectivity index (χ2v) is 4.37. The first-order valence-corrected chi connectivity index (χ1v) is 5.91. The van der Waals surface area contributed by atoms with E-state index in [0.29, 0.717) is 0 Å². The Morgan fingerprint density at radius 3 is 2.52 bits per heavy atom. The maximum absolute atomic E-state index is 12.4. The fourth-order valence-corrected chi connectivity index (χ4v) is 1.63. The van der Waals surface area contributed by atoms with Gasteiger partial charge in [0.05, 0.1) is 29.3 Å². The number of nitrogens with two attached hydrogens (primary N) is 1. The molecular formula is C12H8ClF3N4O. The molecule has 0 saturated heterocycles. The second-order valence-electron chi connectivity index (χ2n) is 3.98. The molecule has 0 spiro atoms. The maximum Gasteiger partial charge on any atom is 0.433 e. The Morgan fingerprint density at radius 1 is 1.24 bits per heavy atom. The number of carbonyl (C=O) groups excluding carboxylic acids is 1. The number of aromatic nitrogens is 2. The molecule has 2 aromatic rings. The summed E-state index contributed by atoms with van der Waals surface area (Å²) in [5.41, 5.74) is 4.79. The van der Waals surface area contributed by atoms with Gasteiger partial charge < -0.3 is 11.1 Å². The number of hydrogen-bond acceptors (Lipinski definition) is 4. The Kier molecular flexibility index (Phi) is 3.99. The molecule has 2 rings (SSSR count). The summed E-state index contributed by atoms with van der Waals surface area (Å²) in [7, 11) is 0. The Labute approximate surface area is 122 Å². The van der Waals surface area contributed by atoms with Crippen LogP contribution in [0.5, 0.6) is 0 Å². The van der Waals surface area contributed by atoms with E-state index in [4.69, 9.17) is 17.3 Å². The van der Waals surface area contributed by atoms with Crippen LogP contribution in [-0.2, 0) is 6.18 Å². The van der Waals surface area contributed by atoms with Crippen LogP contribution in [0.15, 0.2) is 30.6 Å². The fourth-order valence-electron chi connectivity index (χ4n) is 1.47. The first-order valence-electron chi connectivity index (χ1n) is 5.53. The van der Waals surface area contributed by atoms with E-state index in [1.807, 2.05) is 0 Å². The van der Waals surface area contributed by atoms with E-state index < -0.39 is 17.8 Å². The van der Waals surface area contributed by atoms with Gasteiger partial charge in [0.15, 0.2) is 0 Å². The Morgan fingerprint density at radius 2 is 1.95 bits per heavy atom. The van der Waals surface area contributed by atoms with Crippen molar-refractivity contribution in [1.29, 1.82) is 0 Å². The molecule has 0 fully saturated rings. The quantitative estimate of drug-likeness (QED) is 0.835. The minimum atomic E-state index is -4.54. The number of nitrogens with zero attached hydrogens (tertiary/aromatic N) is 2. The summed E-state index contributed by atoms with van der Waals surface area (Å²) < 4.78 is 37.1. The number of rotatable bonds is 2. The van der Waals surface area contributed by atoms with Crippen molar-refractivity contribution in [3.8, 4) is 0 Å². The third-order valence-corrected chi connectivity index (χ3v) is 2.66. The molecule has 0 bridgehead atoms. The number of halogens is 4. The smallest absolute Gasteiger partial charge is 0.397 e. The lowest BCUT2D eigenvalue weighted by Gasteiger charge is -2.09. The molecule has 0 aliphatic carbocycles. The predicted molar refractivity (Wildman–Crippen MR) is 70.9 cm³/mol. The summed E-state index contributed by atoms with van der Waals surface area (Å²) in [6, 6.07) is 3.11. The predicted octanol–water partition coefficient (Wildman–Crippen LogP) is 2.98. The number of hydrogen-bond donors (Lipinski definition) is 2. The first-order chi connectivity index (χ1) is 9.77. The van der Waals surface area contributed by atoms with E-state index in [-0.39, 0.29) is 22.1 Å².